The molecule has 0 atom stereocenters. The first-order chi connectivity index (χ1) is 16.0. The molecule has 2 aromatic carbocycles. The zero-order valence-electron chi connectivity index (χ0n) is 22.2. The molecule has 0 aliphatic carbocycles. The van der Waals surface area contributed by atoms with E-state index in [4.69, 9.17) is 20.0 Å². The van der Waals surface area contributed by atoms with Crippen LogP contribution < -0.4 is 0 Å². The second-order valence-electron chi connectivity index (χ2n) is 8.49. The summed E-state index contributed by atoms with van der Waals surface area (Å²) in [5.74, 6) is 0.126. The molecule has 0 unspecified atom stereocenters. The van der Waals surface area contributed by atoms with Gasteiger partial charge in [-0.1, -0.05) is 75.2 Å². The van der Waals surface area contributed by atoms with Crippen molar-refractivity contribution in [2.45, 2.75) is 67.2 Å². The third kappa shape index (κ3) is 10.0. The average Bonchev–Trinajstić information content (AvgIpc) is 2.75. The van der Waals surface area contributed by atoms with Gasteiger partial charge in [0.25, 0.3) is 5.97 Å². The summed E-state index contributed by atoms with van der Waals surface area (Å²) >= 11 is 0. The van der Waals surface area contributed by atoms with Crippen LogP contribution in [0.2, 0.25) is 0 Å². The molecule has 0 saturated carbocycles. The predicted octanol–water partition coefficient (Wildman–Crippen LogP) is 7.82. The average molecular weight is 528 g/mol. The molecule has 0 saturated heterocycles. The number of nitrogens with zero attached hydrogens (tertiary/aromatic N) is 3. The van der Waals surface area contributed by atoms with Crippen molar-refractivity contribution in [3.63, 3.8) is 0 Å². The minimum atomic E-state index is -0.833. The van der Waals surface area contributed by atoms with Crippen molar-refractivity contribution in [2.24, 2.45) is 4.99 Å². The summed E-state index contributed by atoms with van der Waals surface area (Å²) < 4.78 is 5.75. The predicted molar refractivity (Wildman–Crippen MR) is 139 cm³/mol. The van der Waals surface area contributed by atoms with E-state index in [1.807, 2.05) is 39.0 Å². The van der Waals surface area contributed by atoms with Crippen LogP contribution >= 0.6 is 0 Å². The number of carboxylic acid groups (broad SMARTS) is 1. The maximum Gasteiger partial charge on any atom is 0.300 e. The number of aryl methyl sites for hydroxylation is 2. The van der Waals surface area contributed by atoms with E-state index in [0.717, 1.165) is 29.4 Å². The van der Waals surface area contributed by atoms with Gasteiger partial charge < -0.3 is 15.2 Å². The standard InChI is InChI=1S/C26H32N3O.C2H4O2.Zn/c1-8-30-26(29-24-19(6)11-9-12-20(24)7)21(15-27)16-28-25-22(17(2)3)13-10-14-23(25)18(4)5;1-2(3)4;/h9-14,16-18H,8H2,1-7H3;1H3,(H,3,4);/q-1;;/b21-16-,29-26?;;. The van der Waals surface area contributed by atoms with Crippen molar-refractivity contribution in [3.05, 3.63) is 75.7 Å². The first-order valence-electron chi connectivity index (χ1n) is 11.4. The molecular formula is C28H36N3O3Zn-. The van der Waals surface area contributed by atoms with E-state index in [9.17, 15) is 5.26 Å². The Bertz CT molecular complexity index is 1030. The summed E-state index contributed by atoms with van der Waals surface area (Å²) in [4.78, 5) is 13.7. The molecule has 0 radical (unpaired) electrons. The van der Waals surface area contributed by atoms with Crippen molar-refractivity contribution >= 4 is 23.2 Å². The maximum absolute atomic E-state index is 9.84. The zero-order valence-corrected chi connectivity index (χ0v) is 25.2. The first kappa shape index (κ1) is 32.0. The second-order valence-corrected chi connectivity index (χ2v) is 8.49. The number of benzene rings is 2. The fourth-order valence-electron chi connectivity index (χ4n) is 3.31. The van der Waals surface area contributed by atoms with Crippen LogP contribution in [0.1, 0.15) is 75.6 Å². The second kappa shape index (κ2) is 15.8. The molecule has 6 nitrogen and oxygen atoms in total. The van der Waals surface area contributed by atoms with E-state index in [1.54, 1.807) is 6.20 Å². The van der Waals surface area contributed by atoms with Crippen molar-refractivity contribution < 1.29 is 34.1 Å². The summed E-state index contributed by atoms with van der Waals surface area (Å²) in [5, 5.41) is 22.0. The molecule has 0 amide bonds. The van der Waals surface area contributed by atoms with E-state index < -0.39 is 5.97 Å². The number of carbonyl (C=O) groups is 1. The van der Waals surface area contributed by atoms with Crippen molar-refractivity contribution in [1.82, 2.24) is 0 Å². The van der Waals surface area contributed by atoms with Crippen LogP contribution in [0.15, 0.2) is 53.2 Å². The van der Waals surface area contributed by atoms with Crippen molar-refractivity contribution in [3.8, 4) is 6.07 Å². The van der Waals surface area contributed by atoms with Crippen molar-refractivity contribution in [1.29, 1.82) is 5.26 Å². The molecule has 7 heteroatoms. The number of hydrogen-bond acceptors (Lipinski definition) is 4. The van der Waals surface area contributed by atoms with Gasteiger partial charge in [-0.2, -0.15) is 11.5 Å². The van der Waals surface area contributed by atoms with Gasteiger partial charge in [-0.15, -0.1) is 5.69 Å². The smallest absolute Gasteiger partial charge is 0.300 e. The Morgan fingerprint density at radius 1 is 1.09 bits per heavy atom. The van der Waals surface area contributed by atoms with Crippen LogP contribution in [0.25, 0.3) is 5.32 Å². The zero-order chi connectivity index (χ0) is 25.8. The van der Waals surface area contributed by atoms with Gasteiger partial charge in [0.15, 0.2) is 0 Å². The number of ether oxygens (including phenoxy) is 1. The molecule has 0 spiro atoms. The van der Waals surface area contributed by atoms with E-state index in [-0.39, 0.29) is 19.5 Å². The fraction of sp³-hybridized carbons (Fsp3) is 0.393. The normalized spacial score (nSPS) is 11.2. The third-order valence-corrected chi connectivity index (χ3v) is 4.95. The van der Waals surface area contributed by atoms with Crippen LogP contribution in [-0.2, 0) is 29.0 Å². The Hall–Kier alpha value is -2.97. The number of nitriles is 1. The van der Waals surface area contributed by atoms with Crippen LogP contribution in [0, 0.1) is 25.2 Å². The molecule has 0 bridgehead atoms. The number of aliphatic imine (C=N–C) groups is 1. The van der Waals surface area contributed by atoms with E-state index in [0.29, 0.717) is 29.9 Å². The summed E-state index contributed by atoms with van der Waals surface area (Å²) in [6.07, 6.45) is 1.59. The Balaban J connectivity index is 0.00000214. The summed E-state index contributed by atoms with van der Waals surface area (Å²) in [7, 11) is 0. The van der Waals surface area contributed by atoms with Gasteiger partial charge in [0.2, 0.25) is 5.90 Å². The SMILES string of the molecule is CC(=O)O.CCOC(=Nc1c(C)cccc1C)/C(C#N)=C\[N-]c1c(C(C)C)cccc1C(C)C.[Zn]. The molecule has 2 rings (SSSR count). The van der Waals surface area contributed by atoms with Gasteiger partial charge in [0.1, 0.15) is 6.07 Å². The van der Waals surface area contributed by atoms with Gasteiger partial charge in [0, 0.05) is 26.4 Å². The number of carboxylic acids is 1. The molecule has 0 aliphatic rings. The number of aliphatic carboxylic acids is 1. The van der Waals surface area contributed by atoms with Gasteiger partial charge >= 0.3 is 0 Å². The largest absolute Gasteiger partial charge is 0.662 e. The first-order valence-corrected chi connectivity index (χ1v) is 11.4. The molecular weight excluding hydrogens is 492 g/mol. The molecule has 2 aromatic rings. The van der Waals surface area contributed by atoms with E-state index in [2.05, 4.69) is 57.0 Å². The molecule has 184 valence electrons. The minimum absolute atomic E-state index is 0. The Kier molecular flexibility index (Phi) is 14.5. The molecule has 1 N–H and O–H groups in total. The minimum Gasteiger partial charge on any atom is -0.662 e. The Morgan fingerprint density at radius 2 is 1.54 bits per heavy atom. The third-order valence-electron chi connectivity index (χ3n) is 4.95. The van der Waals surface area contributed by atoms with Gasteiger partial charge in [-0.3, -0.25) is 4.79 Å². The van der Waals surface area contributed by atoms with Gasteiger partial charge in [-0.25, -0.2) is 4.99 Å². The van der Waals surface area contributed by atoms with Gasteiger partial charge in [-0.05, 0) is 43.7 Å². The summed E-state index contributed by atoms with van der Waals surface area (Å²) in [5.41, 5.74) is 6.47. The summed E-state index contributed by atoms with van der Waals surface area (Å²) in [6, 6.07) is 14.5. The molecule has 0 aromatic heterocycles. The van der Waals surface area contributed by atoms with Gasteiger partial charge in [0.05, 0.1) is 17.9 Å². The summed E-state index contributed by atoms with van der Waals surface area (Å²) in [6.45, 7) is 16.0. The van der Waals surface area contributed by atoms with Crippen LogP contribution in [0.4, 0.5) is 11.4 Å². The van der Waals surface area contributed by atoms with Crippen LogP contribution in [0.3, 0.4) is 0 Å². The van der Waals surface area contributed by atoms with E-state index in [1.165, 1.54) is 11.1 Å². The molecule has 35 heavy (non-hydrogen) atoms. The Morgan fingerprint density at radius 3 is 1.94 bits per heavy atom. The maximum atomic E-state index is 9.84. The number of rotatable bonds is 7. The topological polar surface area (TPSA) is 96.8 Å². The van der Waals surface area contributed by atoms with Crippen LogP contribution in [-0.4, -0.2) is 23.6 Å². The van der Waals surface area contributed by atoms with Crippen LogP contribution in [0.5, 0.6) is 0 Å². The van der Waals surface area contributed by atoms with Crippen molar-refractivity contribution in [2.75, 3.05) is 6.61 Å². The van der Waals surface area contributed by atoms with E-state index >= 15 is 0 Å². The molecule has 0 heterocycles. The molecule has 0 aliphatic heterocycles. The monoisotopic (exact) mass is 526 g/mol. The number of para-hydroxylation sites is 2. The number of hydrogen-bond donors (Lipinski definition) is 1. The quantitative estimate of drug-likeness (QED) is 0.172. The fourth-order valence-corrected chi connectivity index (χ4v) is 3.31. The molecule has 0 fully saturated rings. The Labute approximate surface area is 222 Å².